The molecule has 10 nitrogen and oxygen atoms in total. The Morgan fingerprint density at radius 3 is 2.31 bits per heavy atom. The standard InChI is InChI=1S/C35H41N3O7/c1-8-19(2)32(35(42)37-24-11-9-10-22(16-24)20(3)39)38-28-15-13-25-26(18-29(28)41)27(36-21(4)40)14-12-23-17-30(43-5)33(44-6)34(45-7)31(23)25/h9-11,13,15-19,27,32H,8,12,14H2,1-7H3,(H,36,40)(H,37,42)(H,38,41)/t19-,27+,32+/m0/s1. The minimum atomic E-state index is -0.761. The quantitative estimate of drug-likeness (QED) is 0.240. The molecule has 0 aromatic heterocycles. The van der Waals surface area contributed by atoms with E-state index in [2.05, 4.69) is 16.0 Å². The number of rotatable bonds is 11. The molecule has 4 rings (SSSR count). The van der Waals surface area contributed by atoms with E-state index in [1.54, 1.807) is 44.6 Å². The Kier molecular flexibility index (Phi) is 10.5. The summed E-state index contributed by atoms with van der Waals surface area (Å²) in [7, 11) is 4.63. The summed E-state index contributed by atoms with van der Waals surface area (Å²) in [5.74, 6) is 0.564. The zero-order valence-electron chi connectivity index (χ0n) is 26.8. The average molecular weight is 616 g/mol. The molecule has 238 valence electrons. The first-order valence-electron chi connectivity index (χ1n) is 15.0. The Morgan fingerprint density at radius 2 is 1.69 bits per heavy atom. The predicted octanol–water partition coefficient (Wildman–Crippen LogP) is 5.53. The summed E-state index contributed by atoms with van der Waals surface area (Å²) in [6.45, 7) is 6.81. The molecular weight excluding hydrogens is 574 g/mol. The van der Waals surface area contributed by atoms with E-state index in [1.165, 1.54) is 27.0 Å². The number of ether oxygens (including phenoxy) is 3. The highest BCUT2D eigenvalue weighted by molar-refractivity contribution is 5.99. The molecule has 3 aromatic carbocycles. The van der Waals surface area contributed by atoms with Crippen LogP contribution in [0.5, 0.6) is 17.2 Å². The average Bonchev–Trinajstić information content (AvgIpc) is 3.26. The first kappa shape index (κ1) is 33.0. The zero-order valence-corrected chi connectivity index (χ0v) is 26.8. The number of amides is 2. The van der Waals surface area contributed by atoms with Crippen molar-refractivity contribution in [3.63, 3.8) is 0 Å². The van der Waals surface area contributed by atoms with Gasteiger partial charge in [-0.2, -0.15) is 0 Å². The van der Waals surface area contributed by atoms with E-state index in [0.717, 1.165) is 11.1 Å². The van der Waals surface area contributed by atoms with E-state index in [0.29, 0.717) is 58.9 Å². The fourth-order valence-electron chi connectivity index (χ4n) is 5.73. The van der Waals surface area contributed by atoms with E-state index in [4.69, 9.17) is 14.2 Å². The number of carbonyl (C=O) groups excluding carboxylic acids is 3. The summed E-state index contributed by atoms with van der Waals surface area (Å²) in [5.41, 5.74) is 3.82. The minimum Gasteiger partial charge on any atom is -0.493 e. The van der Waals surface area contributed by atoms with Crippen LogP contribution in [0.25, 0.3) is 11.1 Å². The van der Waals surface area contributed by atoms with Crippen molar-refractivity contribution < 1.29 is 28.6 Å². The first-order valence-corrected chi connectivity index (χ1v) is 15.0. The van der Waals surface area contributed by atoms with Gasteiger partial charge in [-0.15, -0.1) is 0 Å². The van der Waals surface area contributed by atoms with Crippen LogP contribution in [-0.4, -0.2) is 45.0 Å². The monoisotopic (exact) mass is 615 g/mol. The number of fused-ring (bicyclic) bond motifs is 3. The number of ketones is 1. The molecule has 0 heterocycles. The van der Waals surface area contributed by atoms with Gasteiger partial charge in [-0.1, -0.05) is 38.5 Å². The number of hydrogen-bond acceptors (Lipinski definition) is 8. The third-order valence-corrected chi connectivity index (χ3v) is 8.26. The molecule has 0 aliphatic heterocycles. The van der Waals surface area contributed by atoms with Gasteiger partial charge in [0.25, 0.3) is 0 Å². The van der Waals surface area contributed by atoms with Crippen molar-refractivity contribution in [1.29, 1.82) is 0 Å². The first-order chi connectivity index (χ1) is 21.5. The highest BCUT2D eigenvalue weighted by Gasteiger charge is 2.30. The summed E-state index contributed by atoms with van der Waals surface area (Å²) >= 11 is 0. The number of benzene rings is 2. The molecule has 0 radical (unpaired) electrons. The zero-order chi connectivity index (χ0) is 32.8. The lowest BCUT2D eigenvalue weighted by atomic mass is 9.95. The second-order valence-corrected chi connectivity index (χ2v) is 11.2. The van der Waals surface area contributed by atoms with Crippen molar-refractivity contribution >= 4 is 29.0 Å². The SMILES string of the molecule is CC[C@H](C)[C@@H](Nc1ccc2c(cc1=O)[C@H](NC(C)=O)CCc1cc(OC)c(OC)c(OC)c1-2)C(=O)Nc1cccc(C(C)=O)c1. The maximum absolute atomic E-state index is 13.9. The highest BCUT2D eigenvalue weighted by atomic mass is 16.5. The Balaban J connectivity index is 1.84. The van der Waals surface area contributed by atoms with Crippen LogP contribution in [0, 0.1) is 5.92 Å². The van der Waals surface area contributed by atoms with Gasteiger partial charge >= 0.3 is 0 Å². The van der Waals surface area contributed by atoms with Crippen molar-refractivity contribution in [2.75, 3.05) is 32.0 Å². The van der Waals surface area contributed by atoms with Gasteiger partial charge in [0, 0.05) is 23.7 Å². The lowest BCUT2D eigenvalue weighted by Crippen LogP contribution is -2.40. The summed E-state index contributed by atoms with van der Waals surface area (Å²) in [5, 5.41) is 9.11. The molecule has 0 saturated carbocycles. The van der Waals surface area contributed by atoms with Gasteiger partial charge in [0.15, 0.2) is 17.3 Å². The fraction of sp³-hybridized carbons (Fsp3) is 0.371. The van der Waals surface area contributed by atoms with E-state index in [-0.39, 0.29) is 34.6 Å². The lowest BCUT2D eigenvalue weighted by molar-refractivity contribution is -0.120. The Bertz CT molecular complexity index is 1670. The molecular formula is C35H41N3O7. The molecule has 3 aromatic rings. The van der Waals surface area contributed by atoms with Crippen LogP contribution in [0.3, 0.4) is 0 Å². The molecule has 0 unspecified atom stereocenters. The lowest BCUT2D eigenvalue weighted by Gasteiger charge is -2.24. The van der Waals surface area contributed by atoms with Crippen molar-refractivity contribution in [2.24, 2.45) is 5.92 Å². The summed E-state index contributed by atoms with van der Waals surface area (Å²) in [6, 6.07) is 12.4. The molecule has 2 amide bonds. The molecule has 45 heavy (non-hydrogen) atoms. The van der Waals surface area contributed by atoms with Gasteiger partial charge < -0.3 is 30.2 Å². The van der Waals surface area contributed by atoms with Gasteiger partial charge in [-0.3, -0.25) is 19.2 Å². The van der Waals surface area contributed by atoms with E-state index in [1.807, 2.05) is 26.0 Å². The van der Waals surface area contributed by atoms with Crippen LogP contribution < -0.4 is 35.6 Å². The molecule has 3 atom stereocenters. The van der Waals surface area contributed by atoms with Crippen molar-refractivity contribution in [2.45, 2.75) is 59.0 Å². The number of Topliss-reactive ketones (excluding diaryl/α,β-unsaturated/α-hetero) is 1. The van der Waals surface area contributed by atoms with Crippen LogP contribution >= 0.6 is 0 Å². The second kappa shape index (κ2) is 14.3. The number of anilines is 2. The summed E-state index contributed by atoms with van der Waals surface area (Å²) < 4.78 is 17.1. The van der Waals surface area contributed by atoms with Gasteiger partial charge in [-0.05, 0) is 72.7 Å². The molecule has 1 aliphatic carbocycles. The maximum Gasteiger partial charge on any atom is 0.247 e. The minimum absolute atomic E-state index is 0.109. The molecule has 0 saturated heterocycles. The molecule has 3 N–H and O–H groups in total. The molecule has 0 fully saturated rings. The van der Waals surface area contributed by atoms with Gasteiger partial charge in [-0.25, -0.2) is 0 Å². The van der Waals surface area contributed by atoms with Crippen LogP contribution in [0.4, 0.5) is 11.4 Å². The smallest absolute Gasteiger partial charge is 0.247 e. The largest absolute Gasteiger partial charge is 0.493 e. The normalized spacial score (nSPS) is 14.9. The number of aryl methyl sites for hydroxylation is 1. The molecule has 0 bridgehead atoms. The maximum atomic E-state index is 13.9. The van der Waals surface area contributed by atoms with Crippen LogP contribution in [0.2, 0.25) is 0 Å². The van der Waals surface area contributed by atoms with Gasteiger partial charge in [0.1, 0.15) is 6.04 Å². The Morgan fingerprint density at radius 1 is 0.956 bits per heavy atom. The van der Waals surface area contributed by atoms with Crippen LogP contribution in [0.1, 0.15) is 68.1 Å². The second-order valence-electron chi connectivity index (χ2n) is 11.2. The van der Waals surface area contributed by atoms with Gasteiger partial charge in [0.2, 0.25) is 23.0 Å². The van der Waals surface area contributed by atoms with Crippen LogP contribution in [-0.2, 0) is 16.0 Å². The van der Waals surface area contributed by atoms with E-state index in [9.17, 15) is 19.2 Å². The third-order valence-electron chi connectivity index (χ3n) is 8.26. The molecule has 0 spiro atoms. The van der Waals surface area contributed by atoms with Crippen molar-refractivity contribution in [3.8, 4) is 28.4 Å². The van der Waals surface area contributed by atoms with Crippen molar-refractivity contribution in [3.05, 3.63) is 75.4 Å². The Labute approximate surface area is 263 Å². The fourth-order valence-corrected chi connectivity index (χ4v) is 5.73. The number of methoxy groups -OCH3 is 3. The Hall–Kier alpha value is -4.86. The summed E-state index contributed by atoms with van der Waals surface area (Å²) in [6.07, 6.45) is 1.77. The topological polar surface area (TPSA) is 132 Å². The van der Waals surface area contributed by atoms with E-state index >= 15 is 0 Å². The predicted molar refractivity (Wildman–Crippen MR) is 175 cm³/mol. The number of carbonyl (C=O) groups is 3. The number of hydrogen-bond donors (Lipinski definition) is 3. The summed E-state index contributed by atoms with van der Waals surface area (Å²) in [4.78, 5) is 51.6. The highest BCUT2D eigenvalue weighted by Crippen LogP contribution is 2.50. The van der Waals surface area contributed by atoms with E-state index < -0.39 is 12.1 Å². The van der Waals surface area contributed by atoms with Crippen molar-refractivity contribution in [1.82, 2.24) is 5.32 Å². The molecule has 1 aliphatic rings. The molecule has 10 heteroatoms. The van der Waals surface area contributed by atoms with Gasteiger partial charge in [0.05, 0.1) is 33.1 Å². The van der Waals surface area contributed by atoms with Crippen LogP contribution in [0.15, 0.2) is 53.3 Å². The third kappa shape index (κ3) is 7.11. The number of nitrogens with one attached hydrogen (secondary N) is 3.